The number of anilines is 2. The number of rotatable bonds is 11. The van der Waals surface area contributed by atoms with Crippen LogP contribution in [0.4, 0.5) is 11.4 Å². The lowest BCUT2D eigenvalue weighted by molar-refractivity contribution is -0.115. The van der Waals surface area contributed by atoms with E-state index in [0.29, 0.717) is 33.1 Å². The number of aromatic hydroxyl groups is 1. The zero-order valence-corrected chi connectivity index (χ0v) is 24.6. The average Bonchev–Trinajstić information content (AvgIpc) is 3.02. The van der Waals surface area contributed by atoms with Gasteiger partial charge in [-0.15, -0.1) is 11.8 Å². The van der Waals surface area contributed by atoms with Gasteiger partial charge in [-0.3, -0.25) is 14.4 Å². The number of ether oxygens (including phenoxy) is 1. The Morgan fingerprint density at radius 1 is 0.818 bits per heavy atom. The SMILES string of the molecule is COc1cc(O)ccc1/C=C(/NC(=O)c1ccccc1)C(=O)Nc1cccc(SC(C)C(=O)Nc2cccc(C(=O)O)c2)c1. The molecule has 0 fully saturated rings. The highest BCUT2D eigenvalue weighted by atomic mass is 32.2. The molecule has 10 nitrogen and oxygen atoms in total. The van der Waals surface area contributed by atoms with Crippen LogP contribution in [0.15, 0.2) is 108 Å². The van der Waals surface area contributed by atoms with E-state index in [4.69, 9.17) is 4.74 Å². The Morgan fingerprint density at radius 3 is 2.20 bits per heavy atom. The molecule has 0 aliphatic rings. The molecular weight excluding hydrogens is 582 g/mol. The van der Waals surface area contributed by atoms with Crippen molar-refractivity contribution in [2.75, 3.05) is 17.7 Å². The molecule has 4 aromatic rings. The molecule has 4 rings (SSSR count). The van der Waals surface area contributed by atoms with Gasteiger partial charge < -0.3 is 30.9 Å². The van der Waals surface area contributed by atoms with Crippen molar-refractivity contribution in [3.63, 3.8) is 0 Å². The summed E-state index contributed by atoms with van der Waals surface area (Å²) in [5, 5.41) is 26.6. The summed E-state index contributed by atoms with van der Waals surface area (Å²) in [7, 11) is 1.42. The third-order valence-electron chi connectivity index (χ3n) is 6.20. The van der Waals surface area contributed by atoms with Crippen molar-refractivity contribution in [2.45, 2.75) is 17.1 Å². The second-order valence-electron chi connectivity index (χ2n) is 9.42. The molecule has 4 aromatic carbocycles. The largest absolute Gasteiger partial charge is 0.508 e. The summed E-state index contributed by atoms with van der Waals surface area (Å²) in [6.07, 6.45) is 1.44. The lowest BCUT2D eigenvalue weighted by Gasteiger charge is -2.15. The number of aromatic carboxylic acids is 1. The van der Waals surface area contributed by atoms with Crippen molar-refractivity contribution in [1.82, 2.24) is 5.32 Å². The number of phenolic OH excluding ortho intramolecular Hbond substituents is 1. The molecule has 0 aliphatic heterocycles. The number of carbonyl (C=O) groups excluding carboxylic acids is 3. The van der Waals surface area contributed by atoms with Gasteiger partial charge in [0.05, 0.1) is 17.9 Å². The molecule has 0 saturated carbocycles. The second kappa shape index (κ2) is 14.6. The number of phenols is 1. The maximum atomic E-state index is 13.5. The molecule has 0 heterocycles. The lowest BCUT2D eigenvalue weighted by Crippen LogP contribution is -2.30. The summed E-state index contributed by atoms with van der Waals surface area (Å²) in [6, 6.07) is 25.6. The number of carboxylic acids is 1. The van der Waals surface area contributed by atoms with Gasteiger partial charge in [-0.2, -0.15) is 0 Å². The summed E-state index contributed by atoms with van der Waals surface area (Å²) in [4.78, 5) is 51.1. The molecule has 0 bridgehead atoms. The van der Waals surface area contributed by atoms with Crippen molar-refractivity contribution >= 4 is 52.9 Å². The molecule has 3 amide bonds. The zero-order valence-electron chi connectivity index (χ0n) is 23.7. The van der Waals surface area contributed by atoms with E-state index in [0.717, 1.165) is 0 Å². The Kier molecular flexibility index (Phi) is 10.4. The predicted molar refractivity (Wildman–Crippen MR) is 169 cm³/mol. The van der Waals surface area contributed by atoms with Crippen molar-refractivity contribution in [1.29, 1.82) is 0 Å². The monoisotopic (exact) mass is 611 g/mol. The van der Waals surface area contributed by atoms with Crippen LogP contribution in [-0.2, 0) is 9.59 Å². The number of benzene rings is 4. The Hall–Kier alpha value is -5.55. The molecule has 5 N–H and O–H groups in total. The van der Waals surface area contributed by atoms with E-state index in [9.17, 15) is 29.4 Å². The van der Waals surface area contributed by atoms with E-state index in [1.54, 1.807) is 79.7 Å². The highest BCUT2D eigenvalue weighted by Gasteiger charge is 2.18. The van der Waals surface area contributed by atoms with Gasteiger partial charge in [0.25, 0.3) is 11.8 Å². The number of carboxylic acid groups (broad SMARTS) is 1. The standard InChI is InChI=1S/C33H29N3O7S/c1-20(30(38)34-24-11-6-10-23(16-24)33(41)42)44-27-13-7-12-25(18-27)35-32(40)28(36-31(39)21-8-4-3-5-9-21)17-22-14-15-26(37)19-29(22)43-2/h3-20,37H,1-2H3,(H,34,38)(H,35,40)(H,36,39)(H,41,42)/b28-17+. The van der Waals surface area contributed by atoms with E-state index in [1.165, 1.54) is 49.2 Å². The highest BCUT2D eigenvalue weighted by Crippen LogP contribution is 2.28. The van der Waals surface area contributed by atoms with Gasteiger partial charge in [0.15, 0.2) is 0 Å². The molecule has 0 aromatic heterocycles. The highest BCUT2D eigenvalue weighted by molar-refractivity contribution is 8.00. The molecule has 0 spiro atoms. The van der Waals surface area contributed by atoms with Gasteiger partial charge in [-0.25, -0.2) is 4.79 Å². The van der Waals surface area contributed by atoms with Crippen LogP contribution in [0.3, 0.4) is 0 Å². The van der Waals surface area contributed by atoms with Crippen LogP contribution in [0.2, 0.25) is 0 Å². The van der Waals surface area contributed by atoms with Crippen LogP contribution < -0.4 is 20.7 Å². The Morgan fingerprint density at radius 2 is 1.50 bits per heavy atom. The first-order valence-corrected chi connectivity index (χ1v) is 14.2. The van der Waals surface area contributed by atoms with Crippen LogP contribution in [0.1, 0.15) is 33.2 Å². The van der Waals surface area contributed by atoms with E-state index < -0.39 is 23.0 Å². The fraction of sp³-hybridized carbons (Fsp3) is 0.0909. The first-order valence-electron chi connectivity index (χ1n) is 13.3. The van der Waals surface area contributed by atoms with Gasteiger partial charge in [0.1, 0.15) is 17.2 Å². The minimum atomic E-state index is -1.10. The normalized spacial score (nSPS) is 11.6. The fourth-order valence-electron chi connectivity index (χ4n) is 3.99. The number of methoxy groups -OCH3 is 1. The van der Waals surface area contributed by atoms with E-state index in [2.05, 4.69) is 16.0 Å². The van der Waals surface area contributed by atoms with Crippen LogP contribution >= 0.6 is 11.8 Å². The quantitative estimate of drug-likeness (QED) is 0.108. The second-order valence-corrected chi connectivity index (χ2v) is 10.8. The summed E-state index contributed by atoms with van der Waals surface area (Å²) in [5.41, 5.74) is 1.57. The minimum absolute atomic E-state index is 0.0238. The first kappa shape index (κ1) is 31.4. The number of hydrogen-bond acceptors (Lipinski definition) is 7. The number of amides is 3. The van der Waals surface area contributed by atoms with Crippen molar-refractivity contribution in [2.24, 2.45) is 0 Å². The van der Waals surface area contributed by atoms with Crippen molar-refractivity contribution in [3.05, 3.63) is 119 Å². The van der Waals surface area contributed by atoms with Crippen LogP contribution in [0.25, 0.3) is 6.08 Å². The van der Waals surface area contributed by atoms with Crippen molar-refractivity contribution < 1.29 is 34.1 Å². The minimum Gasteiger partial charge on any atom is -0.508 e. The van der Waals surface area contributed by atoms with E-state index >= 15 is 0 Å². The summed E-state index contributed by atoms with van der Waals surface area (Å²) < 4.78 is 5.33. The van der Waals surface area contributed by atoms with E-state index in [1.807, 2.05) is 0 Å². The molecule has 0 aliphatic carbocycles. The number of thioether (sulfide) groups is 1. The summed E-state index contributed by atoms with van der Waals surface area (Å²) in [5.74, 6) is -2.27. The number of hydrogen-bond donors (Lipinski definition) is 5. The maximum absolute atomic E-state index is 13.5. The molecule has 224 valence electrons. The molecule has 0 saturated heterocycles. The van der Waals surface area contributed by atoms with Gasteiger partial charge in [0, 0.05) is 33.5 Å². The smallest absolute Gasteiger partial charge is 0.335 e. The molecule has 0 radical (unpaired) electrons. The average molecular weight is 612 g/mol. The number of carbonyl (C=O) groups is 4. The fourth-order valence-corrected chi connectivity index (χ4v) is 4.92. The van der Waals surface area contributed by atoms with E-state index in [-0.39, 0.29) is 22.9 Å². The summed E-state index contributed by atoms with van der Waals surface area (Å²) >= 11 is 1.24. The predicted octanol–water partition coefficient (Wildman–Crippen LogP) is 5.63. The summed E-state index contributed by atoms with van der Waals surface area (Å²) in [6.45, 7) is 1.71. The zero-order chi connectivity index (χ0) is 31.6. The molecule has 11 heteroatoms. The third-order valence-corrected chi connectivity index (χ3v) is 7.29. The topological polar surface area (TPSA) is 154 Å². The van der Waals surface area contributed by atoms with Gasteiger partial charge in [-0.05, 0) is 73.7 Å². The molecular formula is C33H29N3O7S. The maximum Gasteiger partial charge on any atom is 0.335 e. The van der Waals surface area contributed by atoms with Crippen molar-refractivity contribution in [3.8, 4) is 11.5 Å². The third kappa shape index (κ3) is 8.49. The Labute approximate surface area is 257 Å². The Balaban J connectivity index is 1.51. The van der Waals surface area contributed by atoms with Crippen LogP contribution in [0, 0.1) is 0 Å². The van der Waals surface area contributed by atoms with Gasteiger partial charge >= 0.3 is 5.97 Å². The molecule has 1 atom stereocenters. The van der Waals surface area contributed by atoms with Crippen LogP contribution in [-0.4, -0.2) is 46.3 Å². The van der Waals surface area contributed by atoms with Crippen LogP contribution in [0.5, 0.6) is 11.5 Å². The first-order chi connectivity index (χ1) is 21.1. The number of nitrogens with one attached hydrogen (secondary N) is 3. The Bertz CT molecular complexity index is 1720. The molecule has 1 unspecified atom stereocenters. The van der Waals surface area contributed by atoms with Gasteiger partial charge in [-0.1, -0.05) is 30.3 Å². The lowest BCUT2D eigenvalue weighted by atomic mass is 10.1. The van der Waals surface area contributed by atoms with Gasteiger partial charge in [0.2, 0.25) is 5.91 Å². The molecule has 44 heavy (non-hydrogen) atoms.